The predicted molar refractivity (Wildman–Crippen MR) is 97.8 cm³/mol. The number of halogens is 2. The molecule has 0 aliphatic rings. The van der Waals surface area contributed by atoms with E-state index in [2.05, 4.69) is 0 Å². The van der Waals surface area contributed by atoms with Crippen molar-refractivity contribution >= 4 is 5.97 Å². The zero-order valence-electron chi connectivity index (χ0n) is 15.1. The van der Waals surface area contributed by atoms with Crippen LogP contribution in [0.1, 0.15) is 25.3 Å². The van der Waals surface area contributed by atoms with Crippen LogP contribution in [0, 0.1) is 0 Å². The Kier molecular flexibility index (Phi) is 8.29. The summed E-state index contributed by atoms with van der Waals surface area (Å²) in [4.78, 5) is 11.5. The summed E-state index contributed by atoms with van der Waals surface area (Å²) >= 11 is 0. The lowest BCUT2D eigenvalue weighted by Gasteiger charge is -2.09. The molecule has 144 valence electrons. The van der Waals surface area contributed by atoms with Crippen LogP contribution >= 0.6 is 0 Å². The van der Waals surface area contributed by atoms with Gasteiger partial charge in [-0.2, -0.15) is 8.78 Å². The van der Waals surface area contributed by atoms with Gasteiger partial charge in [-0.05, 0) is 48.7 Å². The summed E-state index contributed by atoms with van der Waals surface area (Å²) in [5, 5.41) is 0. The molecule has 0 aliphatic heterocycles. The van der Waals surface area contributed by atoms with E-state index in [0.717, 1.165) is 11.3 Å². The van der Waals surface area contributed by atoms with E-state index in [-0.39, 0.29) is 31.6 Å². The highest BCUT2D eigenvalue weighted by atomic mass is 19.3. The fourth-order valence-electron chi connectivity index (χ4n) is 2.14. The van der Waals surface area contributed by atoms with Gasteiger partial charge >= 0.3 is 5.97 Å². The average molecular weight is 376 g/mol. The summed E-state index contributed by atoms with van der Waals surface area (Å²) in [6.07, 6.45) is -1.83. The predicted octanol–water partition coefficient (Wildman–Crippen LogP) is 5.14. The maximum atomic E-state index is 12.2. The van der Waals surface area contributed by atoms with E-state index in [1.807, 2.05) is 30.3 Å². The number of carbonyl (C=O) groups is 1. The van der Waals surface area contributed by atoms with Gasteiger partial charge in [0.15, 0.2) is 0 Å². The van der Waals surface area contributed by atoms with E-state index in [1.54, 1.807) is 24.3 Å². The largest absolute Gasteiger partial charge is 0.490 e. The Bertz CT molecular complexity index is 739. The molecule has 0 spiro atoms. The van der Waals surface area contributed by atoms with Crippen LogP contribution in [0.5, 0.6) is 11.5 Å². The fraction of sp³-hybridized carbons (Fsp3) is 0.286. The number of hydrogen-bond donors (Lipinski definition) is 0. The second kappa shape index (κ2) is 11.0. The Morgan fingerprint density at radius 3 is 2.11 bits per heavy atom. The summed E-state index contributed by atoms with van der Waals surface area (Å²) in [6.45, 7) is 2.02. The molecule has 0 saturated carbocycles. The minimum Gasteiger partial charge on any atom is -0.490 e. The van der Waals surface area contributed by atoms with Crippen molar-refractivity contribution in [2.45, 2.75) is 26.4 Å². The molecule has 0 aromatic heterocycles. The third kappa shape index (κ3) is 7.90. The normalized spacial score (nSPS) is 10.2. The first-order valence-electron chi connectivity index (χ1n) is 8.60. The highest BCUT2D eigenvalue weighted by Gasteiger charge is 2.07. The SMILES string of the molecule is CC(CCC(=O)OCCOc1ccc(OCc2ccccc2)cc1)=C(F)F. The fourth-order valence-corrected chi connectivity index (χ4v) is 2.14. The highest BCUT2D eigenvalue weighted by Crippen LogP contribution is 2.19. The van der Waals surface area contributed by atoms with Gasteiger partial charge in [-0.1, -0.05) is 30.3 Å². The molecule has 0 bridgehead atoms. The van der Waals surface area contributed by atoms with Crippen molar-refractivity contribution in [1.29, 1.82) is 0 Å². The zero-order chi connectivity index (χ0) is 19.5. The quantitative estimate of drug-likeness (QED) is 0.426. The van der Waals surface area contributed by atoms with Gasteiger partial charge in [0.05, 0.1) is 0 Å². The van der Waals surface area contributed by atoms with E-state index in [0.29, 0.717) is 12.4 Å². The molecule has 2 rings (SSSR count). The first kappa shape index (κ1) is 20.4. The second-order valence-corrected chi connectivity index (χ2v) is 5.86. The molecule has 0 amide bonds. The van der Waals surface area contributed by atoms with Gasteiger partial charge in [-0.15, -0.1) is 0 Å². The van der Waals surface area contributed by atoms with Gasteiger partial charge in [0.25, 0.3) is 6.08 Å². The topological polar surface area (TPSA) is 44.8 Å². The molecule has 6 heteroatoms. The van der Waals surface area contributed by atoms with Crippen molar-refractivity contribution in [3.8, 4) is 11.5 Å². The molecule has 2 aromatic carbocycles. The molecule has 0 radical (unpaired) electrons. The van der Waals surface area contributed by atoms with Crippen LogP contribution in [-0.4, -0.2) is 19.2 Å². The molecule has 0 unspecified atom stereocenters. The highest BCUT2D eigenvalue weighted by molar-refractivity contribution is 5.69. The third-order valence-corrected chi connectivity index (χ3v) is 3.71. The Hall–Kier alpha value is -2.89. The molecule has 2 aromatic rings. The van der Waals surface area contributed by atoms with Gasteiger partial charge < -0.3 is 14.2 Å². The molecule has 0 heterocycles. The van der Waals surface area contributed by atoms with Gasteiger partial charge in [-0.3, -0.25) is 4.79 Å². The smallest absolute Gasteiger partial charge is 0.306 e. The van der Waals surface area contributed by atoms with Crippen molar-refractivity contribution in [1.82, 2.24) is 0 Å². The van der Waals surface area contributed by atoms with E-state index < -0.39 is 12.0 Å². The van der Waals surface area contributed by atoms with Crippen LogP contribution in [0.4, 0.5) is 8.78 Å². The monoisotopic (exact) mass is 376 g/mol. The van der Waals surface area contributed by atoms with Gasteiger partial charge in [-0.25, -0.2) is 0 Å². The standard InChI is InChI=1S/C21H22F2O4/c1-16(21(22)23)7-12-20(24)26-14-13-25-18-8-10-19(11-9-18)27-15-17-5-3-2-4-6-17/h2-6,8-11H,7,12-15H2,1H3. The van der Waals surface area contributed by atoms with E-state index in [1.165, 1.54) is 6.92 Å². The lowest BCUT2D eigenvalue weighted by molar-refractivity contribution is -0.144. The number of benzene rings is 2. The Balaban J connectivity index is 1.63. The number of hydrogen-bond acceptors (Lipinski definition) is 4. The summed E-state index contributed by atoms with van der Waals surface area (Å²) in [6, 6.07) is 17.0. The first-order valence-corrected chi connectivity index (χ1v) is 8.60. The van der Waals surface area contributed by atoms with Crippen LogP contribution in [0.3, 0.4) is 0 Å². The maximum Gasteiger partial charge on any atom is 0.306 e. The Morgan fingerprint density at radius 2 is 1.48 bits per heavy atom. The molecule has 27 heavy (non-hydrogen) atoms. The zero-order valence-corrected chi connectivity index (χ0v) is 15.1. The second-order valence-electron chi connectivity index (χ2n) is 5.86. The van der Waals surface area contributed by atoms with Crippen molar-refractivity contribution in [2.24, 2.45) is 0 Å². The molecule has 4 nitrogen and oxygen atoms in total. The molecule has 0 fully saturated rings. The van der Waals surface area contributed by atoms with Crippen LogP contribution in [-0.2, 0) is 16.1 Å². The maximum absolute atomic E-state index is 12.2. The molecule has 0 saturated heterocycles. The van der Waals surface area contributed by atoms with Gasteiger partial charge in [0, 0.05) is 6.42 Å². The third-order valence-electron chi connectivity index (χ3n) is 3.71. The lowest BCUT2D eigenvalue weighted by atomic mass is 10.2. The van der Waals surface area contributed by atoms with E-state index in [4.69, 9.17) is 14.2 Å². The van der Waals surface area contributed by atoms with Crippen LogP contribution in [0.2, 0.25) is 0 Å². The van der Waals surface area contributed by atoms with Gasteiger partial charge in [0.1, 0.15) is 31.3 Å². The first-order chi connectivity index (χ1) is 13.0. The number of esters is 1. The lowest BCUT2D eigenvalue weighted by Crippen LogP contribution is -2.12. The van der Waals surface area contributed by atoms with E-state index in [9.17, 15) is 13.6 Å². The van der Waals surface area contributed by atoms with Gasteiger partial charge in [0.2, 0.25) is 0 Å². The molecule has 0 atom stereocenters. The number of allylic oxidation sites excluding steroid dienone is 1. The molecular weight excluding hydrogens is 354 g/mol. The van der Waals surface area contributed by atoms with Crippen LogP contribution < -0.4 is 9.47 Å². The summed E-state index contributed by atoms with van der Waals surface area (Å²) in [5.41, 5.74) is 0.984. The summed E-state index contributed by atoms with van der Waals surface area (Å²) in [5.74, 6) is 0.821. The minimum atomic E-state index is -1.75. The summed E-state index contributed by atoms with van der Waals surface area (Å²) < 4.78 is 40.6. The average Bonchev–Trinajstić information content (AvgIpc) is 2.69. The number of carbonyl (C=O) groups excluding carboxylic acids is 1. The van der Waals surface area contributed by atoms with Crippen LogP contribution in [0.25, 0.3) is 0 Å². The van der Waals surface area contributed by atoms with Crippen molar-refractivity contribution < 1.29 is 27.8 Å². The van der Waals surface area contributed by atoms with Crippen molar-refractivity contribution in [3.05, 3.63) is 71.8 Å². The molecular formula is C21H22F2O4. The molecule has 0 aliphatic carbocycles. The molecule has 0 N–H and O–H groups in total. The van der Waals surface area contributed by atoms with E-state index >= 15 is 0 Å². The van der Waals surface area contributed by atoms with Crippen molar-refractivity contribution in [3.63, 3.8) is 0 Å². The number of ether oxygens (including phenoxy) is 3. The Labute approximate surface area is 157 Å². The Morgan fingerprint density at radius 1 is 0.852 bits per heavy atom. The minimum absolute atomic E-state index is 0.00747. The summed E-state index contributed by atoms with van der Waals surface area (Å²) in [7, 11) is 0. The van der Waals surface area contributed by atoms with Crippen LogP contribution in [0.15, 0.2) is 66.3 Å². The number of rotatable bonds is 10. The van der Waals surface area contributed by atoms with Crippen molar-refractivity contribution in [2.75, 3.05) is 13.2 Å².